The monoisotopic (exact) mass is 482 g/mol. The van der Waals surface area contributed by atoms with Crippen molar-refractivity contribution in [3.05, 3.63) is 35.4 Å². The van der Waals surface area contributed by atoms with Crippen molar-refractivity contribution in [2.45, 2.75) is 49.3 Å². The van der Waals surface area contributed by atoms with E-state index in [-0.39, 0.29) is 40.7 Å². The van der Waals surface area contributed by atoms with Crippen LogP contribution in [-0.4, -0.2) is 91.4 Å². The topological polar surface area (TPSA) is 199 Å². The van der Waals surface area contributed by atoms with E-state index >= 15 is 0 Å². The lowest BCUT2D eigenvalue weighted by atomic mass is 9.93. The third-order valence-corrected chi connectivity index (χ3v) is 5.87. The van der Waals surface area contributed by atoms with E-state index in [9.17, 15) is 40.9 Å². The Morgan fingerprint density at radius 2 is 1.68 bits per heavy atom. The molecule has 2 aromatic rings. The van der Waals surface area contributed by atoms with Gasteiger partial charge in [-0.3, -0.25) is 0 Å². The molecule has 0 aromatic heterocycles. The van der Waals surface area contributed by atoms with E-state index in [1.54, 1.807) is 0 Å². The second kappa shape index (κ2) is 9.33. The summed E-state index contributed by atoms with van der Waals surface area (Å²) in [6.45, 7) is -0.658. The maximum atomic E-state index is 10.7. The Kier molecular flexibility index (Phi) is 6.62. The summed E-state index contributed by atoms with van der Waals surface area (Å²) in [5.74, 6) is -1.05. The number of phenols is 3. The first-order valence-electron chi connectivity index (χ1n) is 10.4. The van der Waals surface area contributed by atoms with Crippen molar-refractivity contribution in [1.29, 1.82) is 0 Å². The van der Waals surface area contributed by atoms with Gasteiger partial charge in [-0.25, -0.2) is 0 Å². The number of benzene rings is 2. The predicted molar refractivity (Wildman–Crippen MR) is 112 cm³/mol. The van der Waals surface area contributed by atoms with Crippen LogP contribution >= 0.6 is 0 Å². The smallest absolute Gasteiger partial charge is 0.229 e. The fraction of sp³-hybridized carbons (Fsp3) is 0.455. The van der Waals surface area contributed by atoms with E-state index in [1.165, 1.54) is 25.3 Å². The number of methoxy groups -OCH3 is 1. The van der Waals surface area contributed by atoms with Gasteiger partial charge in [0.1, 0.15) is 41.7 Å². The van der Waals surface area contributed by atoms with Crippen molar-refractivity contribution in [1.82, 2.24) is 0 Å². The Bertz CT molecular complexity index is 1040. The number of ether oxygens (including phenoxy) is 4. The maximum absolute atomic E-state index is 10.7. The molecule has 1 saturated heterocycles. The second-order valence-electron chi connectivity index (χ2n) is 8.14. The van der Waals surface area contributed by atoms with E-state index in [0.29, 0.717) is 5.56 Å². The van der Waals surface area contributed by atoms with E-state index < -0.39 is 55.3 Å². The van der Waals surface area contributed by atoms with Crippen LogP contribution in [0.15, 0.2) is 24.3 Å². The quantitative estimate of drug-likeness (QED) is 0.260. The molecule has 0 bridgehead atoms. The molecule has 0 aliphatic carbocycles. The minimum atomic E-state index is -1.71. The molecule has 0 saturated carbocycles. The summed E-state index contributed by atoms with van der Waals surface area (Å²) in [6, 6.07) is 5.02. The van der Waals surface area contributed by atoms with Crippen molar-refractivity contribution >= 4 is 0 Å². The van der Waals surface area contributed by atoms with Gasteiger partial charge in [0.25, 0.3) is 0 Å². The Morgan fingerprint density at radius 1 is 0.941 bits per heavy atom. The summed E-state index contributed by atoms with van der Waals surface area (Å²) >= 11 is 0. The summed E-state index contributed by atoms with van der Waals surface area (Å²) in [7, 11) is 1.25. The van der Waals surface area contributed by atoms with Crippen molar-refractivity contribution in [3.63, 3.8) is 0 Å². The first-order chi connectivity index (χ1) is 16.1. The summed E-state index contributed by atoms with van der Waals surface area (Å²) in [6.07, 6.45) is -9.96. The number of hydrogen-bond acceptors (Lipinski definition) is 12. The first kappa shape index (κ1) is 24.1. The van der Waals surface area contributed by atoms with Crippen LogP contribution in [0.5, 0.6) is 34.5 Å². The number of phenolic OH excluding ortho intramolecular Hbond substituents is 3. The summed E-state index contributed by atoms with van der Waals surface area (Å²) in [5.41, 5.74) is 0.524. The zero-order chi connectivity index (χ0) is 24.7. The second-order valence-corrected chi connectivity index (χ2v) is 8.14. The zero-order valence-electron chi connectivity index (χ0n) is 18.0. The molecule has 0 unspecified atom stereocenters. The maximum Gasteiger partial charge on any atom is 0.229 e. The molecule has 0 spiro atoms. The Morgan fingerprint density at radius 3 is 2.35 bits per heavy atom. The van der Waals surface area contributed by atoms with Crippen LogP contribution in [0.25, 0.3) is 0 Å². The van der Waals surface area contributed by atoms with Gasteiger partial charge in [0.15, 0.2) is 17.6 Å². The number of rotatable bonds is 5. The number of aromatic hydroxyl groups is 3. The van der Waals surface area contributed by atoms with E-state index in [4.69, 9.17) is 18.9 Å². The largest absolute Gasteiger partial charge is 0.508 e. The van der Waals surface area contributed by atoms with Gasteiger partial charge < -0.3 is 59.8 Å². The molecule has 0 amide bonds. The zero-order valence-corrected chi connectivity index (χ0v) is 18.0. The average molecular weight is 482 g/mol. The average Bonchev–Trinajstić information content (AvgIpc) is 2.79. The highest BCUT2D eigenvalue weighted by Gasteiger charge is 2.45. The van der Waals surface area contributed by atoms with Crippen LogP contribution in [0.4, 0.5) is 0 Å². The summed E-state index contributed by atoms with van der Waals surface area (Å²) in [4.78, 5) is 0. The molecule has 0 radical (unpaired) electrons. The molecule has 34 heavy (non-hydrogen) atoms. The van der Waals surface area contributed by atoms with Gasteiger partial charge in [0.05, 0.1) is 19.8 Å². The molecule has 12 heteroatoms. The standard InChI is InChI=1S/C22H26O12/c1-31-21-12(26)2-8(20-13(27)6-10-11(25)4-9(24)5-14(10)32-20)3-15(21)33-22-19(30)18(29)17(28)16(7-23)34-22/h2-5,13,16-20,22-30H,6-7H2,1H3/t13-,16+,17+,18-,19+,20+,22+/m0/s1. The molecular weight excluding hydrogens is 456 g/mol. The number of hydrogen-bond donors (Lipinski definition) is 8. The van der Waals surface area contributed by atoms with Crippen molar-refractivity contribution in [2.24, 2.45) is 0 Å². The normalized spacial score (nSPS) is 30.8. The van der Waals surface area contributed by atoms with E-state index in [2.05, 4.69) is 0 Å². The van der Waals surface area contributed by atoms with Crippen LogP contribution in [-0.2, 0) is 11.2 Å². The molecule has 2 heterocycles. The van der Waals surface area contributed by atoms with E-state index in [0.717, 1.165) is 6.07 Å². The van der Waals surface area contributed by atoms with Crippen LogP contribution in [0.1, 0.15) is 17.2 Å². The van der Waals surface area contributed by atoms with Gasteiger partial charge in [0.2, 0.25) is 12.0 Å². The lowest BCUT2D eigenvalue weighted by Crippen LogP contribution is -2.60. The molecule has 1 fully saturated rings. The van der Waals surface area contributed by atoms with Crippen molar-refractivity contribution in [3.8, 4) is 34.5 Å². The Balaban J connectivity index is 1.67. The summed E-state index contributed by atoms with van der Waals surface area (Å²) in [5, 5.41) is 80.6. The predicted octanol–water partition coefficient (Wildman–Crippen LogP) is -0.972. The van der Waals surface area contributed by atoms with Crippen LogP contribution < -0.4 is 14.2 Å². The van der Waals surface area contributed by atoms with Crippen molar-refractivity contribution in [2.75, 3.05) is 13.7 Å². The molecular formula is C22H26O12. The highest BCUT2D eigenvalue weighted by atomic mass is 16.7. The SMILES string of the molecule is COc1c(O)cc([C@H]2Oc3cc(O)cc(O)c3C[C@@H]2O)cc1O[C@@H]1O[C@H](CO)[C@@H](O)[C@H](O)[C@H]1O. The number of aliphatic hydroxyl groups is 5. The first-order valence-corrected chi connectivity index (χ1v) is 10.4. The molecule has 4 rings (SSSR count). The van der Waals surface area contributed by atoms with Gasteiger partial charge in [-0.05, 0) is 12.1 Å². The molecule has 2 aliphatic rings. The van der Waals surface area contributed by atoms with Crippen LogP contribution in [0, 0.1) is 0 Å². The third-order valence-electron chi connectivity index (χ3n) is 5.87. The van der Waals surface area contributed by atoms with E-state index in [1.807, 2.05) is 0 Å². The number of aliphatic hydroxyl groups excluding tert-OH is 5. The highest BCUT2D eigenvalue weighted by molar-refractivity contribution is 5.55. The van der Waals surface area contributed by atoms with Gasteiger partial charge in [-0.1, -0.05) is 0 Å². The molecule has 186 valence electrons. The van der Waals surface area contributed by atoms with Crippen molar-refractivity contribution < 1.29 is 59.8 Å². The van der Waals surface area contributed by atoms with Crippen LogP contribution in [0.2, 0.25) is 0 Å². The lowest BCUT2D eigenvalue weighted by molar-refractivity contribution is -0.277. The minimum Gasteiger partial charge on any atom is -0.508 e. The molecule has 2 aliphatic heterocycles. The molecule has 7 atom stereocenters. The number of fused-ring (bicyclic) bond motifs is 1. The fourth-order valence-corrected chi connectivity index (χ4v) is 4.10. The molecule has 2 aromatic carbocycles. The van der Waals surface area contributed by atoms with Gasteiger partial charge in [-0.2, -0.15) is 0 Å². The Labute approximate surface area is 193 Å². The van der Waals surface area contributed by atoms with Crippen LogP contribution in [0.3, 0.4) is 0 Å². The molecule has 8 N–H and O–H groups in total. The summed E-state index contributed by atoms with van der Waals surface area (Å²) < 4.78 is 21.9. The lowest BCUT2D eigenvalue weighted by Gasteiger charge is -2.39. The minimum absolute atomic E-state index is 0.0121. The fourth-order valence-electron chi connectivity index (χ4n) is 4.10. The van der Waals surface area contributed by atoms with Gasteiger partial charge in [0, 0.05) is 29.7 Å². The highest BCUT2D eigenvalue weighted by Crippen LogP contribution is 2.46. The van der Waals surface area contributed by atoms with Gasteiger partial charge >= 0.3 is 0 Å². The third kappa shape index (κ3) is 4.27. The molecule has 12 nitrogen and oxygen atoms in total. The Hall–Kier alpha value is -3.00. The van der Waals surface area contributed by atoms with Gasteiger partial charge in [-0.15, -0.1) is 0 Å².